The normalized spacial score (nSPS) is 22.8. The van der Waals surface area contributed by atoms with Crippen LogP contribution >= 0.6 is 15.9 Å². The third kappa shape index (κ3) is 15.6. The number of aryl methyl sites for hydroxylation is 1. The molecule has 73 heavy (non-hydrogen) atoms. The van der Waals surface area contributed by atoms with Gasteiger partial charge in [0.15, 0.2) is 5.96 Å². The summed E-state index contributed by atoms with van der Waals surface area (Å²) >= 11 is 3.63. The molecule has 8 amide bonds. The molecule has 1 aromatic heterocycles. The van der Waals surface area contributed by atoms with E-state index in [1.165, 1.54) is 0 Å². The number of amides is 8. The fourth-order valence-electron chi connectivity index (χ4n) is 9.19. The molecule has 6 rings (SSSR count). The van der Waals surface area contributed by atoms with Gasteiger partial charge in [0.25, 0.3) is 0 Å². The Morgan fingerprint density at radius 3 is 2.26 bits per heavy atom. The summed E-state index contributed by atoms with van der Waals surface area (Å²) in [6.45, 7) is 2.12. The number of para-hydroxylation sites is 1. The van der Waals surface area contributed by atoms with E-state index in [1.807, 2.05) is 49.4 Å². The lowest BCUT2D eigenvalue weighted by Gasteiger charge is -2.40. The van der Waals surface area contributed by atoms with Gasteiger partial charge in [0, 0.05) is 60.3 Å². The van der Waals surface area contributed by atoms with E-state index in [0.29, 0.717) is 47.7 Å². The van der Waals surface area contributed by atoms with Crippen molar-refractivity contribution < 1.29 is 38.4 Å². The van der Waals surface area contributed by atoms with Crippen LogP contribution in [0.4, 0.5) is 0 Å². The van der Waals surface area contributed by atoms with Crippen molar-refractivity contribution >= 4 is 80.0 Å². The monoisotopic (exact) mass is 1070 g/mol. The summed E-state index contributed by atoms with van der Waals surface area (Å²) < 4.78 is 0.691. The average Bonchev–Trinajstić information content (AvgIpc) is 3.77. The molecule has 14 N–H and O–H groups in total. The third-order valence-corrected chi connectivity index (χ3v) is 14.0. The molecular formula is C52H67BrN12O8. The van der Waals surface area contributed by atoms with Crippen LogP contribution in [0.2, 0.25) is 0 Å². The molecule has 6 atom stereocenters. The van der Waals surface area contributed by atoms with Crippen molar-refractivity contribution in [2.75, 3.05) is 13.1 Å². The Labute approximate surface area is 432 Å². The first-order valence-electron chi connectivity index (χ1n) is 24.9. The maximum atomic E-state index is 15.3. The summed E-state index contributed by atoms with van der Waals surface area (Å²) in [4.78, 5) is 121. The van der Waals surface area contributed by atoms with Gasteiger partial charge in [-0.2, -0.15) is 0 Å². The van der Waals surface area contributed by atoms with Gasteiger partial charge in [-0.1, -0.05) is 89.9 Å². The van der Waals surface area contributed by atoms with Gasteiger partial charge in [-0.15, -0.1) is 0 Å². The number of rotatable bonds is 13. The van der Waals surface area contributed by atoms with Crippen molar-refractivity contribution in [3.8, 4) is 0 Å². The number of carbonyl (C=O) groups excluding carboxylic acids is 8. The smallest absolute Gasteiger partial charge is 0.246 e. The number of unbranched alkanes of at least 4 members (excludes halogenated alkanes) is 1. The molecule has 20 nitrogen and oxygen atoms in total. The average molecular weight is 1070 g/mol. The van der Waals surface area contributed by atoms with Crippen LogP contribution in [0.25, 0.3) is 10.9 Å². The predicted octanol–water partition coefficient (Wildman–Crippen LogP) is 1.60. The number of hydrogen-bond donors (Lipinski definition) is 11. The zero-order valence-electron chi connectivity index (χ0n) is 41.0. The van der Waals surface area contributed by atoms with Crippen LogP contribution in [0.3, 0.4) is 0 Å². The van der Waals surface area contributed by atoms with E-state index in [9.17, 15) is 33.6 Å². The number of aromatic nitrogens is 1. The molecule has 2 aliphatic rings. The second-order valence-electron chi connectivity index (χ2n) is 18.7. The molecule has 4 aromatic rings. The number of halogens is 1. The molecular weight excluding hydrogens is 1000 g/mol. The molecule has 1 spiro atoms. The molecule has 0 radical (unpaired) electrons. The Bertz CT molecular complexity index is 2660. The topological polar surface area (TPSA) is 327 Å². The number of nitrogens with two attached hydrogens (primary N) is 3. The zero-order chi connectivity index (χ0) is 52.5. The Kier molecular flexibility index (Phi) is 19.9. The van der Waals surface area contributed by atoms with Gasteiger partial charge in [-0.05, 0) is 85.8 Å². The van der Waals surface area contributed by atoms with E-state index in [2.05, 4.69) is 63.1 Å². The van der Waals surface area contributed by atoms with E-state index in [-0.39, 0.29) is 70.4 Å². The molecule has 1 fully saturated rings. The Balaban J connectivity index is 1.41. The van der Waals surface area contributed by atoms with Crippen molar-refractivity contribution in [2.24, 2.45) is 22.2 Å². The highest BCUT2D eigenvalue weighted by Gasteiger charge is 2.46. The molecule has 390 valence electrons. The molecule has 1 aliphatic heterocycles. The summed E-state index contributed by atoms with van der Waals surface area (Å²) in [6.07, 6.45) is 3.81. The van der Waals surface area contributed by atoms with Crippen molar-refractivity contribution in [2.45, 2.75) is 133 Å². The predicted molar refractivity (Wildman–Crippen MR) is 279 cm³/mol. The zero-order valence-corrected chi connectivity index (χ0v) is 42.6. The lowest BCUT2D eigenvalue weighted by Crippen LogP contribution is -2.67. The molecule has 1 unspecified atom stereocenters. The quantitative estimate of drug-likeness (QED) is 0.0522. The number of nitrogens with zero attached hydrogens (tertiary/aromatic N) is 1. The Morgan fingerprint density at radius 1 is 0.795 bits per heavy atom. The maximum absolute atomic E-state index is 15.3. The van der Waals surface area contributed by atoms with Gasteiger partial charge in [0.2, 0.25) is 47.3 Å². The van der Waals surface area contributed by atoms with Crippen LogP contribution in [0.1, 0.15) is 93.4 Å². The molecule has 0 bridgehead atoms. The number of aliphatic imine (C=N–C) groups is 1. The number of hydrogen-bond acceptors (Lipinski definition) is 9. The minimum absolute atomic E-state index is 0.0192. The fourth-order valence-corrected chi connectivity index (χ4v) is 9.73. The van der Waals surface area contributed by atoms with Gasteiger partial charge in [-0.3, -0.25) is 43.3 Å². The fraction of sp³-hybridized carbons (Fsp3) is 0.442. The standard InChI is InChI=1S/C52H67BrN12O8/c1-2-3-21-43(66)60-42-28-44(67)57-24-10-9-19-38(45(54)68)61-48(71)41(27-33-30-59-37-18-8-7-16-34(33)37)63-46(69)39(20-12-25-58-51(55)56)62-47(70)40(26-31-13-5-4-6-14-31)64-50(73)52(65-49(42)72)23-22-32-15-11-17-36(53)35(32)29-52/h4-8,11,13-18,30,38-42,59H,2-3,9-10,12,19-29H2,1H3,(H2,54,68)(H,57,67)(H,60,66)(H,61,71)(H,62,70)(H,63,69)(H,64,73)(H,65,72)(H4,55,56,58)/t38-,39+,40-,41-,42+,52?/m0/s1. The number of nitrogens with one attached hydrogen (secondary N) is 8. The van der Waals surface area contributed by atoms with Crippen molar-refractivity contribution in [1.29, 1.82) is 0 Å². The summed E-state index contributed by atoms with van der Waals surface area (Å²) in [5.74, 6) is -5.76. The van der Waals surface area contributed by atoms with Gasteiger partial charge in [0.05, 0.1) is 6.42 Å². The van der Waals surface area contributed by atoms with E-state index >= 15 is 4.79 Å². The van der Waals surface area contributed by atoms with E-state index in [1.54, 1.807) is 36.5 Å². The van der Waals surface area contributed by atoms with Gasteiger partial charge in [-0.25, -0.2) is 0 Å². The van der Waals surface area contributed by atoms with Crippen LogP contribution < -0.4 is 54.4 Å². The second kappa shape index (κ2) is 26.4. The lowest BCUT2D eigenvalue weighted by molar-refractivity contribution is -0.139. The number of fused-ring (bicyclic) bond motifs is 2. The van der Waals surface area contributed by atoms with Crippen LogP contribution in [-0.2, 0) is 64.0 Å². The highest BCUT2D eigenvalue weighted by molar-refractivity contribution is 9.10. The Hall–Kier alpha value is -7.29. The van der Waals surface area contributed by atoms with E-state index in [4.69, 9.17) is 17.2 Å². The molecule has 1 saturated heterocycles. The van der Waals surface area contributed by atoms with Gasteiger partial charge >= 0.3 is 0 Å². The minimum Gasteiger partial charge on any atom is -0.370 e. The third-order valence-electron chi connectivity index (χ3n) is 13.2. The van der Waals surface area contributed by atoms with Crippen LogP contribution in [0.5, 0.6) is 0 Å². The van der Waals surface area contributed by atoms with Gasteiger partial charge in [0.1, 0.15) is 35.7 Å². The Morgan fingerprint density at radius 2 is 1.51 bits per heavy atom. The summed E-state index contributed by atoms with van der Waals surface area (Å²) in [5, 5.41) is 20.6. The maximum Gasteiger partial charge on any atom is 0.246 e. The summed E-state index contributed by atoms with van der Waals surface area (Å²) in [7, 11) is 0. The van der Waals surface area contributed by atoms with Crippen molar-refractivity contribution in [1.82, 2.24) is 42.2 Å². The number of benzene rings is 3. The molecule has 0 saturated carbocycles. The SMILES string of the molecule is CCCCC(=O)N[C@@H]1CC(=O)NCCCC[C@@H](C(N)=O)NC(=O)[C@H](Cc2c[nH]c3ccccc23)NC(=O)[C@@H](CCCN=C(N)N)NC(=O)[C@H](Cc2ccccc2)NC(=O)C2(CCc3cccc(Br)c3C2)NC1=O. The first-order chi connectivity index (χ1) is 35.0. The van der Waals surface area contributed by atoms with Crippen molar-refractivity contribution in [3.63, 3.8) is 0 Å². The largest absolute Gasteiger partial charge is 0.370 e. The first-order valence-corrected chi connectivity index (χ1v) is 25.6. The highest BCUT2D eigenvalue weighted by Crippen LogP contribution is 2.34. The highest BCUT2D eigenvalue weighted by atomic mass is 79.9. The number of guanidine groups is 1. The molecule has 1 aliphatic carbocycles. The van der Waals surface area contributed by atoms with Crippen LogP contribution in [0.15, 0.2) is 88.5 Å². The lowest BCUT2D eigenvalue weighted by atomic mass is 9.76. The number of aromatic amines is 1. The molecule has 3 aromatic carbocycles. The number of primary amides is 1. The minimum atomic E-state index is -1.71. The summed E-state index contributed by atoms with van der Waals surface area (Å²) in [6, 6.07) is 15.4. The van der Waals surface area contributed by atoms with Crippen molar-refractivity contribution in [3.05, 3.63) is 106 Å². The second-order valence-corrected chi connectivity index (χ2v) is 19.6. The summed E-state index contributed by atoms with van der Waals surface area (Å²) in [5.41, 5.74) is 19.1. The van der Waals surface area contributed by atoms with Gasteiger partial charge < -0.3 is 59.4 Å². The molecule has 2 heterocycles. The van der Waals surface area contributed by atoms with E-state index in [0.717, 1.165) is 22.0 Å². The van der Waals surface area contributed by atoms with Crippen LogP contribution in [0, 0.1) is 0 Å². The number of H-pyrrole nitrogens is 1. The molecule has 21 heteroatoms. The van der Waals surface area contributed by atoms with E-state index < -0.39 is 89.4 Å². The number of carbonyl (C=O) groups is 8. The first kappa shape index (κ1) is 55.0. The van der Waals surface area contributed by atoms with Crippen LogP contribution in [-0.4, -0.2) is 107 Å².